The summed E-state index contributed by atoms with van der Waals surface area (Å²) in [7, 11) is 0. The van der Waals surface area contributed by atoms with Crippen molar-refractivity contribution in [2.75, 3.05) is 0 Å². The number of nitrogens with zero attached hydrogens (tertiary/aromatic N) is 2. The molecule has 0 unspecified atom stereocenters. The van der Waals surface area contributed by atoms with Crippen LogP contribution in [0.2, 0.25) is 0 Å². The Morgan fingerprint density at radius 3 is 2.73 bits per heavy atom. The summed E-state index contributed by atoms with van der Waals surface area (Å²) in [6.07, 6.45) is 1.65. The van der Waals surface area contributed by atoms with E-state index in [1.165, 1.54) is 8.79 Å². The molecule has 15 heavy (non-hydrogen) atoms. The van der Waals surface area contributed by atoms with Gasteiger partial charge in [0.1, 0.15) is 0 Å². The van der Waals surface area contributed by atoms with Crippen molar-refractivity contribution in [3.05, 3.63) is 39.5 Å². The number of allylic oxidation sites excluding steroid dienone is 1. The van der Waals surface area contributed by atoms with Gasteiger partial charge in [-0.3, -0.25) is 0 Å². The average Bonchev–Trinajstić information content (AvgIpc) is 2.74. The zero-order valence-electron chi connectivity index (χ0n) is 7.77. The predicted octanol–water partition coefficient (Wildman–Crippen LogP) is 2.33. The predicted molar refractivity (Wildman–Crippen MR) is 60.1 cm³/mol. The number of benzene rings is 1. The van der Waals surface area contributed by atoms with Gasteiger partial charge in [-0.1, -0.05) is 0 Å². The third kappa shape index (κ3) is 1.95. The second-order valence-corrected chi connectivity index (χ2v) is 5.67. The molecule has 1 heterocycles. The van der Waals surface area contributed by atoms with Gasteiger partial charge in [0, 0.05) is 0 Å². The second-order valence-electron chi connectivity index (χ2n) is 2.96. The van der Waals surface area contributed by atoms with Crippen molar-refractivity contribution < 1.29 is 0 Å². The van der Waals surface area contributed by atoms with Crippen LogP contribution in [0.4, 0.5) is 0 Å². The molecule has 0 N–H and O–H groups in total. The fourth-order valence-corrected chi connectivity index (χ4v) is 3.73. The van der Waals surface area contributed by atoms with E-state index in [2.05, 4.69) is 16.2 Å². The molecule has 0 amide bonds. The molecule has 1 aromatic carbocycles. The fourth-order valence-electron chi connectivity index (χ4n) is 1.39. The van der Waals surface area contributed by atoms with Gasteiger partial charge in [0.2, 0.25) is 0 Å². The summed E-state index contributed by atoms with van der Waals surface area (Å²) < 4.78 is 3.59. The van der Waals surface area contributed by atoms with Crippen molar-refractivity contribution in [1.82, 2.24) is 0 Å². The number of hydrogen-bond acceptors (Lipinski definition) is 2. The average molecular weight is 306 g/mol. The van der Waals surface area contributed by atoms with Gasteiger partial charge >= 0.3 is 97.4 Å². The van der Waals surface area contributed by atoms with E-state index in [4.69, 9.17) is 10.5 Å². The molecule has 0 fully saturated rings. The first-order valence-electron chi connectivity index (χ1n) is 4.33. The number of fused-ring (bicyclic) bond motifs is 1. The van der Waals surface area contributed by atoms with Gasteiger partial charge in [-0.15, -0.1) is 0 Å². The monoisotopic (exact) mass is 308 g/mol. The first kappa shape index (κ1) is 10.0. The summed E-state index contributed by atoms with van der Waals surface area (Å²) in [5.74, 6) is 0. The molecule has 0 saturated carbocycles. The van der Waals surface area contributed by atoms with Gasteiger partial charge in [0.05, 0.1) is 0 Å². The molecular formula is C12H6N2Te. The van der Waals surface area contributed by atoms with Crippen LogP contribution in [-0.2, 0) is 0 Å². The Labute approximate surface area is 97.3 Å². The van der Waals surface area contributed by atoms with E-state index in [1.807, 2.05) is 24.3 Å². The summed E-state index contributed by atoms with van der Waals surface area (Å²) in [4.78, 5) is 0. The maximum atomic E-state index is 8.69. The Bertz CT molecular complexity index is 592. The van der Waals surface area contributed by atoms with Crippen LogP contribution in [0.25, 0.3) is 14.9 Å². The molecule has 0 spiro atoms. The first-order chi connectivity index (χ1) is 7.35. The van der Waals surface area contributed by atoms with Crippen molar-refractivity contribution in [1.29, 1.82) is 10.5 Å². The second kappa shape index (κ2) is 4.33. The van der Waals surface area contributed by atoms with Gasteiger partial charge in [0.15, 0.2) is 0 Å². The third-order valence-electron chi connectivity index (χ3n) is 2.07. The zero-order chi connectivity index (χ0) is 10.7. The van der Waals surface area contributed by atoms with E-state index >= 15 is 0 Å². The molecule has 2 rings (SSSR count). The molecule has 0 aliphatic heterocycles. The van der Waals surface area contributed by atoms with Crippen molar-refractivity contribution >= 4 is 35.3 Å². The van der Waals surface area contributed by atoms with Gasteiger partial charge in [-0.05, 0) is 0 Å². The van der Waals surface area contributed by atoms with E-state index in [9.17, 15) is 0 Å². The summed E-state index contributed by atoms with van der Waals surface area (Å²) in [6.45, 7) is 0. The Morgan fingerprint density at radius 2 is 2.00 bits per heavy atom. The standard InChI is InChI=1S/C12H6N2Te/c13-7-9(8-14)6-10-2-1-3-12-11(10)4-5-15-12/h1-6H. The van der Waals surface area contributed by atoms with Gasteiger partial charge in [-0.2, -0.15) is 0 Å². The third-order valence-corrected chi connectivity index (χ3v) is 4.59. The van der Waals surface area contributed by atoms with Crippen molar-refractivity contribution in [2.45, 2.75) is 0 Å². The van der Waals surface area contributed by atoms with Crippen molar-refractivity contribution in [3.63, 3.8) is 0 Å². The van der Waals surface area contributed by atoms with Crippen LogP contribution in [0, 0.1) is 22.7 Å². The minimum absolute atomic E-state index is 0.157. The quantitative estimate of drug-likeness (QED) is 0.600. The van der Waals surface area contributed by atoms with Gasteiger partial charge in [0.25, 0.3) is 0 Å². The van der Waals surface area contributed by atoms with Crippen molar-refractivity contribution in [2.24, 2.45) is 0 Å². The fraction of sp³-hybridized carbons (Fsp3) is 0. The molecule has 0 atom stereocenters. The van der Waals surface area contributed by atoms with Gasteiger partial charge < -0.3 is 0 Å². The normalized spacial score (nSPS) is 9.20. The van der Waals surface area contributed by atoms with E-state index < -0.39 is 0 Å². The Balaban J connectivity index is 2.64. The summed E-state index contributed by atoms with van der Waals surface area (Å²) in [6, 6.07) is 11.9. The topological polar surface area (TPSA) is 47.6 Å². The van der Waals surface area contributed by atoms with E-state index in [0.717, 1.165) is 5.56 Å². The van der Waals surface area contributed by atoms with Crippen LogP contribution < -0.4 is 0 Å². The molecular weight excluding hydrogens is 300 g/mol. The Hall–Kier alpha value is -1.53. The number of nitriles is 2. The van der Waals surface area contributed by atoms with Crippen LogP contribution >= 0.6 is 0 Å². The van der Waals surface area contributed by atoms with Crippen LogP contribution in [-0.4, -0.2) is 20.4 Å². The van der Waals surface area contributed by atoms with Crippen LogP contribution in [0.15, 0.2) is 33.9 Å². The van der Waals surface area contributed by atoms with Crippen LogP contribution in [0.3, 0.4) is 0 Å². The molecule has 2 nitrogen and oxygen atoms in total. The summed E-state index contributed by atoms with van der Waals surface area (Å²) >= 11 is -0.176. The zero-order valence-corrected chi connectivity index (χ0v) is 10.1. The van der Waals surface area contributed by atoms with Crippen LogP contribution in [0.5, 0.6) is 0 Å². The summed E-state index contributed by atoms with van der Waals surface area (Å²) in [5, 5.41) is 18.6. The molecule has 0 radical (unpaired) electrons. The first-order valence-corrected chi connectivity index (χ1v) is 6.84. The Kier molecular flexibility index (Phi) is 2.89. The maximum absolute atomic E-state index is 8.69. The summed E-state index contributed by atoms with van der Waals surface area (Å²) in [5.41, 5.74) is 1.13. The Morgan fingerprint density at radius 1 is 1.20 bits per heavy atom. The number of hydrogen-bond donors (Lipinski definition) is 0. The van der Waals surface area contributed by atoms with E-state index in [0.29, 0.717) is 0 Å². The van der Waals surface area contributed by atoms with E-state index in [-0.39, 0.29) is 26.0 Å². The van der Waals surface area contributed by atoms with Gasteiger partial charge in [-0.25, -0.2) is 0 Å². The minimum atomic E-state index is -0.176. The molecule has 2 aromatic rings. The molecule has 3 heteroatoms. The molecule has 0 bridgehead atoms. The number of rotatable bonds is 1. The van der Waals surface area contributed by atoms with E-state index in [1.54, 1.807) is 6.08 Å². The molecule has 70 valence electrons. The van der Waals surface area contributed by atoms with Crippen LogP contribution in [0.1, 0.15) is 5.56 Å². The van der Waals surface area contributed by atoms with Crippen molar-refractivity contribution in [3.8, 4) is 12.1 Å². The SMILES string of the molecule is N#CC(C#N)=Cc1cccc2[te]ccc12. The molecule has 0 aliphatic carbocycles. The molecule has 0 aliphatic rings. The molecule has 0 saturated heterocycles. The molecule has 1 aromatic heterocycles.